The van der Waals surface area contributed by atoms with E-state index in [4.69, 9.17) is 24.2 Å². The van der Waals surface area contributed by atoms with Crippen molar-refractivity contribution in [3.8, 4) is 17.5 Å². The number of nitrogens with zero attached hydrogens (tertiary/aromatic N) is 3. The molecule has 0 saturated carbocycles. The zero-order valence-corrected chi connectivity index (χ0v) is 24.8. The summed E-state index contributed by atoms with van der Waals surface area (Å²) in [6.45, 7) is 15.4. The Morgan fingerprint density at radius 2 is 1.15 bits per heavy atom. The van der Waals surface area contributed by atoms with Gasteiger partial charge in [-0.25, -0.2) is 0 Å². The lowest BCUT2D eigenvalue weighted by Gasteiger charge is -2.25. The molecule has 0 radical (unpaired) electrons. The van der Waals surface area contributed by atoms with Crippen LogP contribution in [0.5, 0.6) is 0 Å². The fourth-order valence-corrected chi connectivity index (χ4v) is 4.50. The second-order valence-corrected chi connectivity index (χ2v) is 15.3. The monoisotopic (exact) mass is 549 g/mol. The summed E-state index contributed by atoms with van der Waals surface area (Å²) in [7, 11) is -1.40. The first kappa shape index (κ1) is 30.8. The lowest BCUT2D eigenvalue weighted by Crippen LogP contribution is -2.33. The van der Waals surface area contributed by atoms with Crippen molar-refractivity contribution in [1.82, 2.24) is 4.90 Å². The Bertz CT molecular complexity index is 1050. The van der Waals surface area contributed by atoms with Crippen LogP contribution >= 0.6 is 0 Å². The molecule has 3 rings (SSSR count). The van der Waals surface area contributed by atoms with Gasteiger partial charge in [-0.15, -0.1) is 5.54 Å². The largest absolute Gasteiger partial charge is 0.378 e. The number of hydrogen-bond acceptors (Lipinski definition) is 7. The van der Waals surface area contributed by atoms with Crippen LogP contribution in [0.15, 0.2) is 48.5 Å². The Morgan fingerprint density at radius 3 is 1.64 bits per heavy atom. The smallest absolute Gasteiger partial charge is 0.129 e. The molecular formula is C31H43N3O4Si. The van der Waals surface area contributed by atoms with Crippen molar-refractivity contribution in [2.24, 2.45) is 0 Å². The third kappa shape index (κ3) is 12.8. The fraction of sp³-hybridized carbons (Fsp3) is 0.516. The highest BCUT2D eigenvalue weighted by Crippen LogP contribution is 2.15. The molecular weight excluding hydrogens is 506 g/mol. The molecule has 1 saturated heterocycles. The standard InChI is InChI=1S/C31H43N3O4Si/c1-39(2,3)25-12-28-8-10-31(11-9-28)34-15-19-37-23-21-35-17-13-33(14-18-36-22-24-38-20-16-34)27-30-6-4-29(26-32)5-7-30/h4-11H,13-24,27H2,1-3H3. The topological polar surface area (TPSA) is 67.2 Å². The van der Waals surface area contributed by atoms with Crippen LogP contribution in [0.1, 0.15) is 16.7 Å². The number of benzene rings is 2. The van der Waals surface area contributed by atoms with E-state index in [0.29, 0.717) is 58.4 Å². The Kier molecular flexibility index (Phi) is 13.5. The van der Waals surface area contributed by atoms with E-state index in [2.05, 4.69) is 71.2 Å². The molecule has 0 unspecified atom stereocenters. The average molecular weight is 550 g/mol. The van der Waals surface area contributed by atoms with E-state index in [1.165, 1.54) is 5.56 Å². The van der Waals surface area contributed by atoms with Crippen molar-refractivity contribution in [3.05, 3.63) is 65.2 Å². The zero-order chi connectivity index (χ0) is 27.8. The SMILES string of the molecule is C[Si](C)(C)C#Cc1ccc(N2CCOCCOCCN(Cc3ccc(C#N)cc3)CCOCCOCC2)cc1. The molecule has 2 aromatic rings. The van der Waals surface area contributed by atoms with Crippen LogP contribution in [0.25, 0.3) is 0 Å². The summed E-state index contributed by atoms with van der Waals surface area (Å²) in [5.41, 5.74) is 7.47. The summed E-state index contributed by atoms with van der Waals surface area (Å²) in [5.74, 6) is 3.33. The number of rotatable bonds is 3. The molecule has 0 atom stereocenters. The predicted molar refractivity (Wildman–Crippen MR) is 159 cm³/mol. The number of hydrogen-bond donors (Lipinski definition) is 0. The van der Waals surface area contributed by atoms with Crippen LogP contribution < -0.4 is 4.90 Å². The third-order valence-corrected chi connectivity index (χ3v) is 7.04. The molecule has 0 spiro atoms. The molecule has 2 aromatic carbocycles. The van der Waals surface area contributed by atoms with Crippen LogP contribution in [0, 0.1) is 22.8 Å². The summed E-state index contributed by atoms with van der Waals surface area (Å²) in [6, 6.07) is 18.4. The highest BCUT2D eigenvalue weighted by Gasteiger charge is 2.10. The normalized spacial score (nSPS) is 17.7. The maximum absolute atomic E-state index is 9.03. The summed E-state index contributed by atoms with van der Waals surface area (Å²) in [6.07, 6.45) is 0. The van der Waals surface area contributed by atoms with E-state index >= 15 is 0 Å². The van der Waals surface area contributed by atoms with Gasteiger partial charge in [-0.3, -0.25) is 4.90 Å². The summed E-state index contributed by atoms with van der Waals surface area (Å²) >= 11 is 0. The quantitative estimate of drug-likeness (QED) is 0.420. The second kappa shape index (κ2) is 17.1. The first-order chi connectivity index (χ1) is 18.9. The third-order valence-electron chi connectivity index (χ3n) is 6.16. The van der Waals surface area contributed by atoms with Crippen LogP contribution in [-0.2, 0) is 25.5 Å². The van der Waals surface area contributed by atoms with Gasteiger partial charge in [-0.05, 0) is 42.0 Å². The van der Waals surface area contributed by atoms with E-state index in [0.717, 1.165) is 44.0 Å². The molecule has 7 nitrogen and oxygen atoms in total. The first-order valence-electron chi connectivity index (χ1n) is 13.8. The van der Waals surface area contributed by atoms with Gasteiger partial charge in [0.15, 0.2) is 0 Å². The maximum atomic E-state index is 9.03. The lowest BCUT2D eigenvalue weighted by atomic mass is 10.1. The van der Waals surface area contributed by atoms with Crippen molar-refractivity contribution in [3.63, 3.8) is 0 Å². The van der Waals surface area contributed by atoms with Gasteiger partial charge in [0.25, 0.3) is 0 Å². The van der Waals surface area contributed by atoms with E-state index in [9.17, 15) is 0 Å². The van der Waals surface area contributed by atoms with Crippen molar-refractivity contribution in [2.45, 2.75) is 26.2 Å². The van der Waals surface area contributed by atoms with Gasteiger partial charge in [0.05, 0.1) is 64.5 Å². The van der Waals surface area contributed by atoms with Gasteiger partial charge >= 0.3 is 0 Å². The van der Waals surface area contributed by atoms with Crippen LogP contribution in [0.3, 0.4) is 0 Å². The molecule has 1 aliphatic heterocycles. The fourth-order valence-electron chi connectivity index (χ4n) is 3.98. The number of ether oxygens (including phenoxy) is 4. The molecule has 0 N–H and O–H groups in total. The van der Waals surface area contributed by atoms with Crippen molar-refractivity contribution in [1.29, 1.82) is 5.26 Å². The van der Waals surface area contributed by atoms with Crippen molar-refractivity contribution >= 4 is 13.8 Å². The highest BCUT2D eigenvalue weighted by molar-refractivity contribution is 6.83. The van der Waals surface area contributed by atoms with Crippen LogP contribution in [0.4, 0.5) is 5.69 Å². The van der Waals surface area contributed by atoms with Crippen molar-refractivity contribution < 1.29 is 18.9 Å². The molecule has 1 heterocycles. The number of anilines is 1. The Morgan fingerprint density at radius 1 is 0.667 bits per heavy atom. The minimum atomic E-state index is -1.40. The van der Waals surface area contributed by atoms with Crippen LogP contribution in [0.2, 0.25) is 19.6 Å². The Labute approximate surface area is 235 Å². The van der Waals surface area contributed by atoms with Crippen molar-refractivity contribution in [2.75, 3.05) is 83.9 Å². The van der Waals surface area contributed by atoms with Gasteiger partial charge in [0, 0.05) is 44.0 Å². The first-order valence-corrected chi connectivity index (χ1v) is 17.3. The molecule has 0 aromatic heterocycles. The van der Waals surface area contributed by atoms with E-state index in [1.807, 2.05) is 24.3 Å². The second-order valence-electron chi connectivity index (χ2n) is 10.6. The molecule has 39 heavy (non-hydrogen) atoms. The number of nitriles is 1. The molecule has 0 aliphatic carbocycles. The molecule has 210 valence electrons. The van der Waals surface area contributed by atoms with Gasteiger partial charge in [-0.2, -0.15) is 5.26 Å². The van der Waals surface area contributed by atoms with E-state index in [-0.39, 0.29) is 0 Å². The van der Waals surface area contributed by atoms with Crippen LogP contribution in [-0.4, -0.2) is 92.0 Å². The molecule has 8 heteroatoms. The summed E-state index contributed by atoms with van der Waals surface area (Å²) in [4.78, 5) is 4.60. The maximum Gasteiger partial charge on any atom is 0.129 e. The minimum Gasteiger partial charge on any atom is -0.378 e. The Hall–Kier alpha value is -2.69. The zero-order valence-electron chi connectivity index (χ0n) is 23.8. The lowest BCUT2D eigenvalue weighted by molar-refractivity contribution is 0.0211. The van der Waals surface area contributed by atoms with E-state index < -0.39 is 8.07 Å². The average Bonchev–Trinajstić information content (AvgIpc) is 2.93. The summed E-state index contributed by atoms with van der Waals surface area (Å²) in [5, 5.41) is 9.03. The minimum absolute atomic E-state index is 0.564. The van der Waals surface area contributed by atoms with E-state index in [1.54, 1.807) is 0 Å². The molecule has 1 fully saturated rings. The predicted octanol–water partition coefficient (Wildman–Crippen LogP) is 4.18. The molecule has 1 aliphatic rings. The highest BCUT2D eigenvalue weighted by atomic mass is 28.3. The van der Waals surface area contributed by atoms with Gasteiger partial charge in [-0.1, -0.05) is 37.7 Å². The molecule has 0 amide bonds. The molecule has 0 bridgehead atoms. The summed E-state index contributed by atoms with van der Waals surface area (Å²) < 4.78 is 23.5. The van der Waals surface area contributed by atoms with Gasteiger partial charge in [0.1, 0.15) is 8.07 Å². The van der Waals surface area contributed by atoms with Gasteiger partial charge < -0.3 is 23.8 Å². The Balaban J connectivity index is 1.49. The van der Waals surface area contributed by atoms with Gasteiger partial charge in [0.2, 0.25) is 0 Å².